The van der Waals surface area contributed by atoms with Crippen LogP contribution < -0.4 is 97.0 Å². The van der Waals surface area contributed by atoms with Gasteiger partial charge in [0, 0.05) is 23.6 Å². The summed E-state index contributed by atoms with van der Waals surface area (Å²) in [5.74, 6) is -1.82. The third-order valence-corrected chi connectivity index (χ3v) is 8.49. The number of nitro benzene ring substituents is 1. The van der Waals surface area contributed by atoms with Crippen LogP contribution in [0.4, 0.5) is 22.7 Å². The number of aromatic hydroxyl groups is 1. The summed E-state index contributed by atoms with van der Waals surface area (Å²) >= 11 is 0. The fourth-order valence-electron chi connectivity index (χ4n) is 4.43. The quantitative estimate of drug-likeness (QED) is 0.0381. The number of fused-ring (bicyclic) bond motifs is 1. The van der Waals surface area contributed by atoms with Gasteiger partial charge in [0.05, 0.1) is 37.1 Å². The van der Waals surface area contributed by atoms with Crippen LogP contribution in [0.3, 0.4) is 0 Å². The smallest absolute Gasteiger partial charge is 0.744 e. The van der Waals surface area contributed by atoms with Gasteiger partial charge in [0.2, 0.25) is 16.6 Å². The molecular formula is C28H16N8Na2O14S2. The van der Waals surface area contributed by atoms with E-state index in [1.165, 1.54) is 12.1 Å². The number of allylic oxidation sites excluding steroid dienone is 3. The normalized spacial score (nSPS) is 14.2. The zero-order valence-electron chi connectivity index (χ0n) is 27.2. The van der Waals surface area contributed by atoms with Crippen LogP contribution in [0.5, 0.6) is 5.75 Å². The molecule has 5 rings (SSSR count). The van der Waals surface area contributed by atoms with Crippen LogP contribution in [0, 0.1) is 20.2 Å². The van der Waals surface area contributed by atoms with Crippen LogP contribution in [0.1, 0.15) is 0 Å². The second kappa shape index (κ2) is 17.0. The number of hydrogen-bond donors (Lipinski definition) is 4. The molecule has 26 heteroatoms. The zero-order valence-corrected chi connectivity index (χ0v) is 32.9. The van der Waals surface area contributed by atoms with Crippen LogP contribution >= 0.6 is 0 Å². The van der Waals surface area contributed by atoms with Crippen molar-refractivity contribution in [3.63, 3.8) is 0 Å². The van der Waals surface area contributed by atoms with Crippen molar-refractivity contribution in [3.05, 3.63) is 130 Å². The maximum absolute atomic E-state index is 13.4. The second-order valence-corrected chi connectivity index (χ2v) is 13.0. The Morgan fingerprint density at radius 1 is 0.685 bits per heavy atom. The largest absolute Gasteiger partial charge is 1.00 e. The molecule has 4 aromatic rings. The Balaban J connectivity index is 0.00000392. The number of carbonyl (C=O) groups is 1. The van der Waals surface area contributed by atoms with Gasteiger partial charge in [-0.1, -0.05) is 0 Å². The number of phenols is 1. The Bertz CT molecular complexity index is 2800. The summed E-state index contributed by atoms with van der Waals surface area (Å²) in [5, 5.41) is 41.5. The number of ketones is 1. The summed E-state index contributed by atoms with van der Waals surface area (Å²) in [6.45, 7) is 0. The van der Waals surface area contributed by atoms with E-state index < -0.39 is 101 Å². The number of carbonyl (C=O) groups excluding carboxylic acids is 1. The first kappa shape index (κ1) is 43.4. The van der Waals surface area contributed by atoms with E-state index in [1.54, 1.807) is 0 Å². The maximum atomic E-state index is 13.4. The van der Waals surface area contributed by atoms with Crippen molar-refractivity contribution < 1.29 is 105 Å². The van der Waals surface area contributed by atoms with E-state index in [0.717, 1.165) is 30.4 Å². The number of phenolic OH excluding ortho intramolecular Hbond substituents is 1. The van der Waals surface area contributed by atoms with Gasteiger partial charge in [0.25, 0.3) is 11.4 Å². The van der Waals surface area contributed by atoms with Crippen molar-refractivity contribution in [3.8, 4) is 5.75 Å². The maximum Gasteiger partial charge on any atom is 1.00 e. The minimum absolute atomic E-state index is 0. The number of nitrogens with zero attached hydrogens (tertiary/aromatic N) is 5. The SMILES string of the molecule is O=C1C=C([N+](=O)[O-])C=CC1=NNc1cc(=NNc2cc(S(=O)(=O)[O-])cc3cc(S(=O)(=O)[O-])cc(O)c23)c(=O)c(=NNc2ccc([N+](=O)[O-])cc2)c1=O.[Na+].[Na+]. The van der Waals surface area contributed by atoms with Gasteiger partial charge in [-0.05, 0) is 53.9 Å². The molecule has 0 amide bonds. The molecule has 0 heterocycles. The third-order valence-electron chi connectivity index (χ3n) is 6.86. The summed E-state index contributed by atoms with van der Waals surface area (Å²) in [5.41, 5.74) is 2.25. The topological polar surface area (TPSA) is 345 Å². The number of nitrogens with one attached hydrogen (secondary N) is 3. The average molecular weight is 799 g/mol. The van der Waals surface area contributed by atoms with Crippen LogP contribution in [-0.4, -0.2) is 52.4 Å². The Morgan fingerprint density at radius 2 is 1.28 bits per heavy atom. The van der Waals surface area contributed by atoms with Gasteiger partial charge in [-0.15, -0.1) is 0 Å². The molecule has 54 heavy (non-hydrogen) atoms. The number of nitro groups is 2. The van der Waals surface area contributed by atoms with Crippen LogP contribution in [0.15, 0.2) is 113 Å². The molecule has 1 aliphatic carbocycles. The minimum atomic E-state index is -5.26. The molecule has 0 saturated carbocycles. The van der Waals surface area contributed by atoms with E-state index in [2.05, 4.69) is 31.6 Å². The summed E-state index contributed by atoms with van der Waals surface area (Å²) in [7, 11) is -10.4. The molecule has 22 nitrogen and oxygen atoms in total. The van der Waals surface area contributed by atoms with E-state index in [9.17, 15) is 65.7 Å². The minimum Gasteiger partial charge on any atom is -0.744 e. The molecule has 4 N–H and O–H groups in total. The zero-order chi connectivity index (χ0) is 38.1. The Morgan fingerprint density at radius 3 is 1.83 bits per heavy atom. The number of anilines is 3. The van der Waals surface area contributed by atoms with E-state index in [1.807, 2.05) is 0 Å². The molecule has 4 aromatic carbocycles. The monoisotopic (exact) mass is 798 g/mol. The molecule has 0 unspecified atom stereocenters. The average Bonchev–Trinajstić information content (AvgIpc) is 3.06. The number of rotatable bonds is 10. The fraction of sp³-hybridized carbons (Fsp3) is 0. The van der Waals surface area contributed by atoms with Gasteiger partial charge in [0.15, 0.2) is 5.36 Å². The van der Waals surface area contributed by atoms with Crippen molar-refractivity contribution in [1.29, 1.82) is 0 Å². The van der Waals surface area contributed by atoms with Gasteiger partial charge in [-0.25, -0.2) is 16.8 Å². The molecule has 0 saturated heterocycles. The number of hydrazone groups is 1. The Kier molecular flexibility index (Phi) is 13.6. The molecule has 1 aliphatic rings. The summed E-state index contributed by atoms with van der Waals surface area (Å²) < 4.78 is 70.4. The van der Waals surface area contributed by atoms with E-state index in [4.69, 9.17) is 0 Å². The second-order valence-electron chi connectivity index (χ2n) is 10.3. The fourth-order valence-corrected chi connectivity index (χ4v) is 5.49. The van der Waals surface area contributed by atoms with Gasteiger partial charge >= 0.3 is 59.1 Å². The molecule has 0 fully saturated rings. The van der Waals surface area contributed by atoms with E-state index in [-0.39, 0.29) is 75.9 Å². The van der Waals surface area contributed by atoms with Crippen molar-refractivity contribution in [2.24, 2.45) is 15.3 Å². The summed E-state index contributed by atoms with van der Waals surface area (Å²) in [6, 6.07) is 7.93. The molecular weight excluding hydrogens is 782 g/mol. The first-order valence-electron chi connectivity index (χ1n) is 13.7. The Hall–Kier alpha value is -5.02. The number of non-ortho nitro benzene ring substituents is 1. The summed E-state index contributed by atoms with van der Waals surface area (Å²) in [4.78, 5) is 57.6. The molecule has 0 aliphatic heterocycles. The molecule has 0 atom stereocenters. The van der Waals surface area contributed by atoms with Crippen LogP contribution in [0.25, 0.3) is 10.8 Å². The van der Waals surface area contributed by atoms with Crippen molar-refractivity contribution >= 4 is 65.3 Å². The molecule has 0 aromatic heterocycles. The van der Waals surface area contributed by atoms with Gasteiger partial charge in [-0.3, -0.25) is 50.9 Å². The molecule has 0 radical (unpaired) electrons. The van der Waals surface area contributed by atoms with E-state index >= 15 is 0 Å². The Labute approximate surface area is 344 Å². The van der Waals surface area contributed by atoms with E-state index in [0.29, 0.717) is 30.3 Å². The standard InChI is InChI=1S/C28H18N8O14S2.2Na/c37-23-9-16(36(43)44)5-6-19(23)30-32-21-12-22(28(40)26(27(21)39)34-29-14-1-3-15(4-2-14)35(41)42)33-31-20-10-17(51(45,46)47)7-13-8-18(52(48,49)50)11-24(38)25(13)20;;/h1-12,29,31-32,38H,(H,45,46,47)(H,48,49,50);;/q;2*+1/p-2. The molecule has 0 bridgehead atoms. The molecule has 266 valence electrons. The first-order valence-corrected chi connectivity index (χ1v) is 16.5. The predicted molar refractivity (Wildman–Crippen MR) is 175 cm³/mol. The van der Waals surface area contributed by atoms with Crippen molar-refractivity contribution in [2.45, 2.75) is 9.79 Å². The van der Waals surface area contributed by atoms with Gasteiger partial charge in [0.1, 0.15) is 42.7 Å². The molecule has 0 spiro atoms. The van der Waals surface area contributed by atoms with Crippen LogP contribution in [-0.2, 0) is 25.0 Å². The van der Waals surface area contributed by atoms with Crippen molar-refractivity contribution in [2.75, 3.05) is 16.3 Å². The predicted octanol–water partition coefficient (Wildman–Crippen LogP) is -6.21. The van der Waals surface area contributed by atoms with Gasteiger partial charge < -0.3 is 14.2 Å². The van der Waals surface area contributed by atoms with Crippen LogP contribution in [0.2, 0.25) is 0 Å². The summed E-state index contributed by atoms with van der Waals surface area (Å²) in [6.07, 6.45) is 2.57. The number of benzene rings is 4. The first-order chi connectivity index (χ1) is 24.3. The van der Waals surface area contributed by atoms with Crippen molar-refractivity contribution in [1.82, 2.24) is 0 Å². The van der Waals surface area contributed by atoms with Gasteiger partial charge in [-0.2, -0.15) is 15.3 Å². The number of hydrogen-bond acceptors (Lipinski definition) is 20. The third kappa shape index (κ3) is 9.74.